The zero-order valence-corrected chi connectivity index (χ0v) is 12.8. The van der Waals surface area contributed by atoms with Crippen molar-refractivity contribution in [3.8, 4) is 0 Å². The molecule has 0 aliphatic heterocycles. The predicted octanol–water partition coefficient (Wildman–Crippen LogP) is 4.11. The number of rotatable bonds is 2. The summed E-state index contributed by atoms with van der Waals surface area (Å²) < 4.78 is 0.933. The minimum Gasteiger partial charge on any atom is -0.317 e. The highest BCUT2D eigenvalue weighted by molar-refractivity contribution is 9.10. The van der Waals surface area contributed by atoms with Crippen molar-refractivity contribution in [3.63, 3.8) is 0 Å². The minimum atomic E-state index is -0.325. The van der Waals surface area contributed by atoms with E-state index in [1.165, 1.54) is 6.33 Å². The molecule has 19 heavy (non-hydrogen) atoms. The Labute approximate surface area is 128 Å². The van der Waals surface area contributed by atoms with E-state index in [0.29, 0.717) is 5.56 Å². The molecule has 2 aromatic rings. The molecule has 98 valence electrons. The maximum absolute atomic E-state index is 12.1. The second kappa shape index (κ2) is 5.86. The number of hydrogen-bond donors (Lipinski definition) is 1. The van der Waals surface area contributed by atoms with E-state index >= 15 is 0 Å². The topological polar surface area (TPSA) is 54.9 Å². The molecule has 0 radical (unpaired) electrons. The van der Waals surface area contributed by atoms with Crippen LogP contribution in [0.1, 0.15) is 15.9 Å². The third kappa shape index (κ3) is 3.23. The number of benzene rings is 1. The zero-order chi connectivity index (χ0) is 14.0. The standard InChI is InChI=1S/C12H8BrCl2N3O/c1-6-4-7(2-3-8(6)13)12(19)18-9-10(14)16-5-17-11(9)15/h2-5H,1H3,(H,18,19). The highest BCUT2D eigenvalue weighted by Gasteiger charge is 2.13. The summed E-state index contributed by atoms with van der Waals surface area (Å²) in [5.74, 6) is -0.325. The molecule has 0 aliphatic rings. The lowest BCUT2D eigenvalue weighted by atomic mass is 10.1. The van der Waals surface area contributed by atoms with Crippen LogP contribution in [0.25, 0.3) is 0 Å². The van der Waals surface area contributed by atoms with Gasteiger partial charge < -0.3 is 5.32 Å². The third-order valence-corrected chi connectivity index (χ3v) is 3.88. The van der Waals surface area contributed by atoms with Crippen molar-refractivity contribution in [1.29, 1.82) is 0 Å². The lowest BCUT2D eigenvalue weighted by molar-refractivity contribution is 0.102. The number of nitrogens with one attached hydrogen (secondary N) is 1. The molecule has 4 nitrogen and oxygen atoms in total. The summed E-state index contributed by atoms with van der Waals surface area (Å²) in [6, 6.07) is 5.25. The number of carbonyl (C=O) groups is 1. The molecule has 2 rings (SSSR count). The Morgan fingerprint density at radius 1 is 1.26 bits per heavy atom. The fraction of sp³-hybridized carbons (Fsp3) is 0.0833. The maximum atomic E-state index is 12.1. The molecule has 1 N–H and O–H groups in total. The van der Waals surface area contributed by atoms with Crippen LogP contribution < -0.4 is 5.32 Å². The number of aromatic nitrogens is 2. The first-order valence-corrected chi connectivity index (χ1v) is 6.77. The largest absolute Gasteiger partial charge is 0.317 e. The van der Waals surface area contributed by atoms with E-state index < -0.39 is 0 Å². The van der Waals surface area contributed by atoms with Gasteiger partial charge in [-0.3, -0.25) is 4.79 Å². The van der Waals surface area contributed by atoms with Crippen molar-refractivity contribution in [2.24, 2.45) is 0 Å². The average molecular weight is 361 g/mol. The zero-order valence-electron chi connectivity index (χ0n) is 9.75. The second-order valence-corrected chi connectivity index (χ2v) is 5.32. The van der Waals surface area contributed by atoms with Crippen LogP contribution in [0.15, 0.2) is 29.0 Å². The highest BCUT2D eigenvalue weighted by atomic mass is 79.9. The van der Waals surface area contributed by atoms with Crippen molar-refractivity contribution < 1.29 is 4.79 Å². The summed E-state index contributed by atoms with van der Waals surface area (Å²) in [5.41, 5.74) is 1.65. The molecule has 0 saturated carbocycles. The Bertz CT molecular complexity index is 629. The Morgan fingerprint density at radius 2 is 1.89 bits per heavy atom. The molecule has 1 aromatic carbocycles. The molecule has 0 bridgehead atoms. The Morgan fingerprint density at radius 3 is 2.47 bits per heavy atom. The van der Waals surface area contributed by atoms with E-state index in [2.05, 4.69) is 31.2 Å². The van der Waals surface area contributed by atoms with Crippen LogP contribution in [0.4, 0.5) is 5.69 Å². The number of amides is 1. The van der Waals surface area contributed by atoms with Crippen molar-refractivity contribution >= 4 is 50.7 Å². The number of aryl methyl sites for hydroxylation is 1. The molecular weight excluding hydrogens is 353 g/mol. The van der Waals surface area contributed by atoms with Gasteiger partial charge in [-0.2, -0.15) is 0 Å². The third-order valence-electron chi connectivity index (χ3n) is 2.41. The van der Waals surface area contributed by atoms with Gasteiger partial charge in [-0.25, -0.2) is 9.97 Å². The molecule has 0 fully saturated rings. The second-order valence-electron chi connectivity index (χ2n) is 3.75. The molecule has 0 unspecified atom stereocenters. The molecular formula is C12H8BrCl2N3O. The van der Waals surface area contributed by atoms with Crippen LogP contribution in [0.5, 0.6) is 0 Å². The molecule has 1 heterocycles. The van der Waals surface area contributed by atoms with Gasteiger partial charge in [0.15, 0.2) is 10.3 Å². The lowest BCUT2D eigenvalue weighted by Crippen LogP contribution is -2.13. The van der Waals surface area contributed by atoms with E-state index in [9.17, 15) is 4.79 Å². The number of hydrogen-bond acceptors (Lipinski definition) is 3. The van der Waals surface area contributed by atoms with E-state index in [1.54, 1.807) is 18.2 Å². The van der Waals surface area contributed by atoms with Gasteiger partial charge in [-0.1, -0.05) is 39.1 Å². The van der Waals surface area contributed by atoms with Gasteiger partial charge in [0.2, 0.25) is 0 Å². The summed E-state index contributed by atoms with van der Waals surface area (Å²) >= 11 is 15.1. The van der Waals surface area contributed by atoms with Gasteiger partial charge in [-0.15, -0.1) is 0 Å². The lowest BCUT2D eigenvalue weighted by Gasteiger charge is -2.08. The maximum Gasteiger partial charge on any atom is 0.255 e. The molecule has 0 aliphatic carbocycles. The number of carbonyl (C=O) groups excluding carboxylic acids is 1. The van der Waals surface area contributed by atoms with Crippen LogP contribution in [-0.4, -0.2) is 15.9 Å². The molecule has 0 atom stereocenters. The molecule has 7 heteroatoms. The quantitative estimate of drug-likeness (QED) is 0.820. The molecule has 0 spiro atoms. The summed E-state index contributed by atoms with van der Waals surface area (Å²) in [4.78, 5) is 19.6. The normalized spacial score (nSPS) is 10.3. The van der Waals surface area contributed by atoms with Crippen LogP contribution in [0.2, 0.25) is 10.3 Å². The fourth-order valence-corrected chi connectivity index (χ4v) is 2.08. The average Bonchev–Trinajstić information content (AvgIpc) is 2.37. The number of anilines is 1. The highest BCUT2D eigenvalue weighted by Crippen LogP contribution is 2.26. The smallest absolute Gasteiger partial charge is 0.255 e. The summed E-state index contributed by atoms with van der Waals surface area (Å²) in [5, 5.41) is 2.80. The first kappa shape index (κ1) is 14.2. The summed E-state index contributed by atoms with van der Waals surface area (Å²) in [6.45, 7) is 1.90. The summed E-state index contributed by atoms with van der Waals surface area (Å²) in [7, 11) is 0. The van der Waals surface area contributed by atoms with Gasteiger partial charge in [0.05, 0.1) is 0 Å². The van der Waals surface area contributed by atoms with Crippen molar-refractivity contribution in [1.82, 2.24) is 9.97 Å². The van der Waals surface area contributed by atoms with Crippen LogP contribution >= 0.6 is 39.1 Å². The van der Waals surface area contributed by atoms with Crippen LogP contribution in [-0.2, 0) is 0 Å². The number of halogens is 3. The van der Waals surface area contributed by atoms with Crippen LogP contribution in [0, 0.1) is 6.92 Å². The van der Waals surface area contributed by atoms with Crippen molar-refractivity contribution in [3.05, 3.63) is 50.4 Å². The van der Waals surface area contributed by atoms with Crippen molar-refractivity contribution in [2.45, 2.75) is 6.92 Å². The Hall–Kier alpha value is -1.17. The van der Waals surface area contributed by atoms with E-state index in [4.69, 9.17) is 23.2 Å². The Balaban J connectivity index is 2.28. The van der Waals surface area contributed by atoms with E-state index in [-0.39, 0.29) is 21.9 Å². The fourth-order valence-electron chi connectivity index (χ4n) is 1.42. The minimum absolute atomic E-state index is 0.0992. The Kier molecular flexibility index (Phi) is 4.39. The first-order chi connectivity index (χ1) is 8.99. The van der Waals surface area contributed by atoms with Crippen molar-refractivity contribution in [2.75, 3.05) is 5.32 Å². The SMILES string of the molecule is Cc1cc(C(=O)Nc2c(Cl)ncnc2Cl)ccc1Br. The van der Waals surface area contributed by atoms with E-state index in [0.717, 1.165) is 10.0 Å². The molecule has 1 aromatic heterocycles. The molecule has 1 amide bonds. The van der Waals surface area contributed by atoms with E-state index in [1.807, 2.05) is 6.92 Å². The van der Waals surface area contributed by atoms with Gasteiger partial charge in [0.25, 0.3) is 5.91 Å². The number of nitrogens with zero attached hydrogens (tertiary/aromatic N) is 2. The first-order valence-electron chi connectivity index (χ1n) is 5.22. The monoisotopic (exact) mass is 359 g/mol. The van der Waals surface area contributed by atoms with Crippen LogP contribution in [0.3, 0.4) is 0 Å². The molecule has 0 saturated heterocycles. The van der Waals surface area contributed by atoms with Gasteiger partial charge >= 0.3 is 0 Å². The predicted molar refractivity (Wildman–Crippen MR) is 78.9 cm³/mol. The van der Waals surface area contributed by atoms with Gasteiger partial charge in [0.1, 0.15) is 12.0 Å². The van der Waals surface area contributed by atoms with Gasteiger partial charge in [-0.05, 0) is 30.7 Å². The van der Waals surface area contributed by atoms with Gasteiger partial charge in [0, 0.05) is 10.0 Å². The summed E-state index contributed by atoms with van der Waals surface area (Å²) in [6.07, 6.45) is 1.23.